The molecule has 0 aliphatic heterocycles. The van der Waals surface area contributed by atoms with Gasteiger partial charge in [0.2, 0.25) is 0 Å². The Morgan fingerprint density at radius 1 is 0.774 bits per heavy atom. The van der Waals surface area contributed by atoms with Crippen LogP contribution in [0.25, 0.3) is 0 Å². The molecule has 0 aromatic carbocycles. The molecule has 0 radical (unpaired) electrons. The maximum absolute atomic E-state index is 12.1. The van der Waals surface area contributed by atoms with Crippen molar-refractivity contribution in [3.63, 3.8) is 0 Å². The first-order chi connectivity index (χ1) is 13.8. The summed E-state index contributed by atoms with van der Waals surface area (Å²) < 4.78 is 44.6. The van der Waals surface area contributed by atoms with E-state index < -0.39 is 33.7 Å². The molecular weight excluding hydrogens is 431 g/mol. The number of ether oxygens (including phenoxy) is 2. The summed E-state index contributed by atoms with van der Waals surface area (Å²) >= 11 is 0. The summed E-state index contributed by atoms with van der Waals surface area (Å²) in [6, 6.07) is 0. The minimum atomic E-state index is -5.02. The average Bonchev–Trinajstić information content (AvgIpc) is 2.60. The first-order valence-electron chi connectivity index (χ1n) is 11.1. The van der Waals surface area contributed by atoms with Crippen LogP contribution >= 0.6 is 0 Å². The number of esters is 2. The summed E-state index contributed by atoms with van der Waals surface area (Å²) in [7, 11) is -5.02. The van der Waals surface area contributed by atoms with Crippen molar-refractivity contribution in [2.24, 2.45) is 23.7 Å². The van der Waals surface area contributed by atoms with E-state index in [0.29, 0.717) is 11.8 Å². The Morgan fingerprint density at radius 3 is 1.58 bits per heavy atom. The van der Waals surface area contributed by atoms with Crippen molar-refractivity contribution >= 4 is 22.1 Å². The third-order valence-electron chi connectivity index (χ3n) is 4.96. The van der Waals surface area contributed by atoms with Crippen LogP contribution in [-0.4, -0.2) is 43.4 Å². The van der Waals surface area contributed by atoms with Crippen LogP contribution in [0.1, 0.15) is 86.5 Å². The van der Waals surface area contributed by atoms with E-state index in [0.717, 1.165) is 38.5 Å². The van der Waals surface area contributed by atoms with Gasteiger partial charge in [-0.1, -0.05) is 67.2 Å². The van der Waals surface area contributed by atoms with E-state index in [4.69, 9.17) is 9.47 Å². The molecular formula is C22H41NaO7S. The molecule has 7 nitrogen and oxygen atoms in total. The molecule has 31 heavy (non-hydrogen) atoms. The second kappa shape index (κ2) is 17.3. The van der Waals surface area contributed by atoms with E-state index >= 15 is 0 Å². The molecule has 0 aliphatic rings. The van der Waals surface area contributed by atoms with Crippen LogP contribution < -0.4 is 29.6 Å². The van der Waals surface area contributed by atoms with Gasteiger partial charge in [0.05, 0.1) is 19.6 Å². The Bertz CT molecular complexity index is 605. The van der Waals surface area contributed by atoms with Crippen LogP contribution in [-0.2, 0) is 29.2 Å². The molecule has 178 valence electrons. The zero-order chi connectivity index (χ0) is 23.3. The van der Waals surface area contributed by atoms with E-state index in [1.165, 1.54) is 0 Å². The third kappa shape index (κ3) is 18.0. The van der Waals surface area contributed by atoms with Crippen molar-refractivity contribution in [3.8, 4) is 0 Å². The third-order valence-corrected chi connectivity index (χ3v) is 6.02. The first kappa shape index (κ1) is 33.0. The maximum Gasteiger partial charge on any atom is 1.00 e. The molecule has 0 N–H and O–H groups in total. The number of hydrogen-bond acceptors (Lipinski definition) is 7. The second-order valence-electron chi connectivity index (χ2n) is 9.36. The maximum atomic E-state index is 12.1. The average molecular weight is 473 g/mol. The quantitative estimate of drug-likeness (QED) is 0.189. The minimum absolute atomic E-state index is 0. The van der Waals surface area contributed by atoms with Gasteiger partial charge in [0.25, 0.3) is 0 Å². The molecule has 0 bridgehead atoms. The molecule has 0 saturated carbocycles. The Hall–Kier alpha value is -0.150. The molecule has 0 heterocycles. The SMILES string of the molecule is CC(C)CCC[C@@H](C)COC(=O)[C@H](CC(=O)OC[C@@H](C)CCCC(C)C)S(=O)(=O)[O-].[Na+]. The van der Waals surface area contributed by atoms with Crippen molar-refractivity contribution in [1.82, 2.24) is 0 Å². The van der Waals surface area contributed by atoms with Gasteiger partial charge in [-0.05, 0) is 36.5 Å². The molecule has 3 atom stereocenters. The molecule has 0 unspecified atom stereocenters. The van der Waals surface area contributed by atoms with Gasteiger partial charge in [-0.15, -0.1) is 0 Å². The Balaban J connectivity index is 0. The molecule has 0 saturated heterocycles. The topological polar surface area (TPSA) is 110 Å². The van der Waals surface area contributed by atoms with Gasteiger partial charge in [0.15, 0.2) is 5.25 Å². The van der Waals surface area contributed by atoms with Crippen molar-refractivity contribution < 1.29 is 61.6 Å². The summed E-state index contributed by atoms with van der Waals surface area (Å²) in [6.45, 7) is 12.5. The summed E-state index contributed by atoms with van der Waals surface area (Å²) in [5.41, 5.74) is 0. The molecule has 9 heteroatoms. The number of carbonyl (C=O) groups excluding carboxylic acids is 2. The van der Waals surface area contributed by atoms with E-state index in [9.17, 15) is 22.6 Å². The van der Waals surface area contributed by atoms with Gasteiger partial charge in [0, 0.05) is 0 Å². The molecule has 0 spiro atoms. The predicted molar refractivity (Wildman–Crippen MR) is 116 cm³/mol. The van der Waals surface area contributed by atoms with Crippen LogP contribution in [0.15, 0.2) is 0 Å². The largest absolute Gasteiger partial charge is 1.00 e. The van der Waals surface area contributed by atoms with Crippen molar-refractivity contribution in [1.29, 1.82) is 0 Å². The van der Waals surface area contributed by atoms with Gasteiger partial charge in [0.1, 0.15) is 10.1 Å². The summed E-state index contributed by atoms with van der Waals surface area (Å²) in [4.78, 5) is 24.1. The summed E-state index contributed by atoms with van der Waals surface area (Å²) in [6.07, 6.45) is 5.01. The molecule has 0 fully saturated rings. The van der Waals surface area contributed by atoms with Crippen LogP contribution in [0.5, 0.6) is 0 Å². The Kier molecular flexibility index (Phi) is 18.5. The van der Waals surface area contributed by atoms with Crippen LogP contribution in [0.4, 0.5) is 0 Å². The van der Waals surface area contributed by atoms with Gasteiger partial charge >= 0.3 is 41.5 Å². The Labute approximate surface area is 211 Å². The number of hydrogen-bond donors (Lipinski definition) is 0. The fraction of sp³-hybridized carbons (Fsp3) is 0.909. The molecule has 0 aliphatic carbocycles. The van der Waals surface area contributed by atoms with Crippen molar-refractivity contribution in [2.75, 3.05) is 13.2 Å². The smallest absolute Gasteiger partial charge is 0.747 e. The molecule has 0 aromatic rings. The number of rotatable bonds is 16. The van der Waals surface area contributed by atoms with Gasteiger partial charge in [-0.3, -0.25) is 9.59 Å². The normalized spacial score (nSPS) is 14.6. The molecule has 0 amide bonds. The summed E-state index contributed by atoms with van der Waals surface area (Å²) in [5.74, 6) is -0.708. The van der Waals surface area contributed by atoms with E-state index in [-0.39, 0.29) is 54.6 Å². The zero-order valence-corrected chi connectivity index (χ0v) is 23.3. The Morgan fingerprint density at radius 2 is 1.19 bits per heavy atom. The standard InChI is InChI=1S/C22H42O7S.Na/c1-16(2)9-7-11-18(5)14-28-21(23)13-20(30(25,26)27)22(24)29-15-19(6)12-8-10-17(3)4;/h16-20H,7-15H2,1-6H3,(H,25,26,27);/q;+1/p-1/t18-,19+,20-;/m0./s1. The van der Waals surface area contributed by atoms with Crippen LogP contribution in [0.2, 0.25) is 0 Å². The van der Waals surface area contributed by atoms with Gasteiger partial charge in [-0.25, -0.2) is 8.42 Å². The van der Waals surface area contributed by atoms with E-state index in [1.54, 1.807) is 0 Å². The van der Waals surface area contributed by atoms with E-state index in [2.05, 4.69) is 27.7 Å². The van der Waals surface area contributed by atoms with E-state index in [1.807, 2.05) is 13.8 Å². The van der Waals surface area contributed by atoms with Gasteiger partial charge < -0.3 is 14.0 Å². The minimum Gasteiger partial charge on any atom is -0.747 e. The summed E-state index contributed by atoms with van der Waals surface area (Å²) in [5, 5.41) is -2.07. The van der Waals surface area contributed by atoms with Crippen molar-refractivity contribution in [3.05, 3.63) is 0 Å². The van der Waals surface area contributed by atoms with Crippen molar-refractivity contribution in [2.45, 2.75) is 91.7 Å². The van der Waals surface area contributed by atoms with Crippen LogP contribution in [0, 0.1) is 23.7 Å². The zero-order valence-electron chi connectivity index (χ0n) is 20.5. The van der Waals surface area contributed by atoms with Crippen LogP contribution in [0.3, 0.4) is 0 Å². The first-order valence-corrected chi connectivity index (χ1v) is 12.6. The van der Waals surface area contributed by atoms with Gasteiger partial charge in [-0.2, -0.15) is 0 Å². The number of carbonyl (C=O) groups is 2. The fourth-order valence-corrected chi connectivity index (χ4v) is 3.63. The second-order valence-corrected chi connectivity index (χ2v) is 10.9. The monoisotopic (exact) mass is 472 g/mol. The molecule has 0 rings (SSSR count). The fourth-order valence-electron chi connectivity index (χ4n) is 2.98. The predicted octanol–water partition coefficient (Wildman–Crippen LogP) is 1.31. The molecule has 0 aromatic heterocycles.